The maximum absolute atomic E-state index is 5.91. The molecule has 2 nitrogen and oxygen atoms in total. The van der Waals surface area contributed by atoms with Crippen LogP contribution in [0.5, 0.6) is 0 Å². The highest BCUT2D eigenvalue weighted by molar-refractivity contribution is 6.94. The molecule has 0 radical (unpaired) electrons. The van der Waals surface area contributed by atoms with Gasteiger partial charge in [-0.3, -0.25) is 0 Å². The van der Waals surface area contributed by atoms with Crippen LogP contribution in [-0.4, -0.2) is 39.3 Å². The summed E-state index contributed by atoms with van der Waals surface area (Å²) in [6.45, 7) is 8.53. The van der Waals surface area contributed by atoms with Crippen molar-refractivity contribution in [2.24, 2.45) is 5.92 Å². The van der Waals surface area contributed by atoms with Crippen molar-refractivity contribution < 1.29 is 9.47 Å². The average Bonchev–Trinajstić information content (AvgIpc) is 2.23. The molecule has 0 aliphatic rings. The van der Waals surface area contributed by atoms with E-state index in [1.54, 1.807) is 0 Å². The second kappa shape index (κ2) is 11.5. The first-order valence-electron chi connectivity index (χ1n) is 5.92. The molecule has 0 aromatic heterocycles. The van der Waals surface area contributed by atoms with E-state index in [-0.39, 0.29) is 19.3 Å². The van der Waals surface area contributed by atoms with Crippen LogP contribution in [0.2, 0.25) is 4.05 Å². The lowest BCUT2D eigenvalue weighted by Gasteiger charge is -2.14. The molecule has 2 unspecified atom stereocenters. The summed E-state index contributed by atoms with van der Waals surface area (Å²) in [7, 11) is 5.91. The predicted molar refractivity (Wildman–Crippen MR) is 66.5 cm³/mol. The first-order valence-corrected chi connectivity index (χ1v) is 8.87. The van der Waals surface area contributed by atoms with Crippen molar-refractivity contribution in [3.63, 3.8) is 0 Å². The van der Waals surface area contributed by atoms with E-state index in [4.69, 9.17) is 18.5 Å². The van der Waals surface area contributed by atoms with Crippen molar-refractivity contribution in [2.45, 2.75) is 44.1 Å². The maximum atomic E-state index is 5.91. The maximum Gasteiger partial charge on any atom is 0.504 e. The molecule has 0 amide bonds. The Labute approximate surface area is 108 Å². The van der Waals surface area contributed by atoms with Crippen molar-refractivity contribution in [3.8, 4) is 0 Å². The smallest absolute Gasteiger partial charge is 0.356 e. The van der Waals surface area contributed by atoms with E-state index in [1.165, 1.54) is 12.8 Å². The van der Waals surface area contributed by atoms with Crippen molar-refractivity contribution in [3.05, 3.63) is 0 Å². The first-order chi connectivity index (χ1) is 7.20. The Morgan fingerprint density at radius 1 is 1.27 bits per heavy atom. The van der Waals surface area contributed by atoms with Gasteiger partial charge in [-0.25, -0.2) is 0 Å². The molecule has 0 rings (SSSR count). The predicted octanol–water partition coefficient (Wildman–Crippen LogP) is 3.47. The zero-order valence-electron chi connectivity index (χ0n) is 10.3. The summed E-state index contributed by atoms with van der Waals surface area (Å²) >= 11 is -0.323. The zero-order valence-corrected chi connectivity index (χ0v) is 12.5. The lowest BCUT2D eigenvalue weighted by atomic mass is 10.0. The summed E-state index contributed by atoms with van der Waals surface area (Å²) in [6, 6.07) is 0. The van der Waals surface area contributed by atoms with Crippen LogP contribution in [0.4, 0.5) is 0 Å². The van der Waals surface area contributed by atoms with Crippen LogP contribution in [0.3, 0.4) is 0 Å². The zero-order chi connectivity index (χ0) is 11.5. The number of hydrogen-bond acceptors (Lipinski definition) is 2. The molecule has 0 fully saturated rings. The Hall–Kier alpha value is 0.976. The highest BCUT2D eigenvalue weighted by Crippen LogP contribution is 2.20. The highest BCUT2D eigenvalue weighted by atomic mass is 35.5. The Kier molecular flexibility index (Phi) is 12.2. The van der Waals surface area contributed by atoms with Gasteiger partial charge in [-0.15, -0.1) is 4.05 Å². The van der Waals surface area contributed by atoms with Crippen molar-refractivity contribution >= 4 is 28.3 Å². The Morgan fingerprint density at radius 2 is 2.00 bits per heavy atom. The fourth-order valence-corrected chi connectivity index (χ4v) is 2.68. The fourth-order valence-electron chi connectivity index (χ4n) is 1.60. The van der Waals surface area contributed by atoms with E-state index in [2.05, 4.69) is 13.8 Å². The van der Waals surface area contributed by atoms with Crippen LogP contribution in [0, 0.1) is 5.92 Å². The Bertz CT molecular complexity index is 136. The molecule has 4 heteroatoms. The van der Waals surface area contributed by atoms with Gasteiger partial charge < -0.3 is 18.5 Å². The number of ether oxygens (including phenoxy) is 2. The van der Waals surface area contributed by atoms with Gasteiger partial charge in [0.25, 0.3) is 0 Å². The molecule has 0 saturated heterocycles. The number of hydrogen-bond donors (Lipinski definition) is 0. The standard InChI is InChI=1S/C11H23O2.ClH.Mg/c1-4-7-11(3)8-6-9-13-10-12-5-2;;/h4,11H,5-10H2,1-3H3;1H;/q;;+1/p-1. The van der Waals surface area contributed by atoms with Gasteiger partial charge >= 0.3 is 19.3 Å². The van der Waals surface area contributed by atoms with E-state index >= 15 is 0 Å². The van der Waals surface area contributed by atoms with Crippen LogP contribution in [0.1, 0.15) is 40.0 Å². The monoisotopic (exact) mass is 246 g/mol. The third-order valence-corrected chi connectivity index (χ3v) is 4.87. The van der Waals surface area contributed by atoms with Crippen LogP contribution in [0.25, 0.3) is 0 Å². The van der Waals surface area contributed by atoms with Gasteiger partial charge in [-0.05, 0) is 25.7 Å². The van der Waals surface area contributed by atoms with E-state index in [0.29, 0.717) is 6.79 Å². The summed E-state index contributed by atoms with van der Waals surface area (Å²) in [5.41, 5.74) is 0. The SMILES string of the molecule is CCOCOCCCC(C)C[CH](C)[Mg][Cl]. The lowest BCUT2D eigenvalue weighted by molar-refractivity contribution is -0.0507. The molecule has 0 N–H and O–H groups in total. The lowest BCUT2D eigenvalue weighted by Crippen LogP contribution is -2.05. The van der Waals surface area contributed by atoms with Crippen molar-refractivity contribution in [1.29, 1.82) is 0 Å². The fraction of sp³-hybridized carbons (Fsp3) is 1.00. The highest BCUT2D eigenvalue weighted by Gasteiger charge is 2.09. The summed E-state index contributed by atoms with van der Waals surface area (Å²) in [4.78, 5) is 0. The summed E-state index contributed by atoms with van der Waals surface area (Å²) in [6.07, 6.45) is 3.65. The number of halogens is 1. The largest absolute Gasteiger partial charge is 0.504 e. The molecule has 15 heavy (non-hydrogen) atoms. The van der Waals surface area contributed by atoms with Gasteiger partial charge in [0.05, 0.1) is 0 Å². The van der Waals surface area contributed by atoms with Crippen LogP contribution >= 0.6 is 9.07 Å². The third-order valence-electron chi connectivity index (χ3n) is 2.42. The molecule has 0 aliphatic carbocycles. The minimum atomic E-state index is -0.323. The molecule has 0 heterocycles. The summed E-state index contributed by atoms with van der Waals surface area (Å²) in [5, 5.41) is 0. The topological polar surface area (TPSA) is 18.5 Å². The van der Waals surface area contributed by atoms with Crippen molar-refractivity contribution in [2.75, 3.05) is 20.0 Å². The molecule has 0 saturated carbocycles. The van der Waals surface area contributed by atoms with Gasteiger partial charge in [-0.2, -0.15) is 0 Å². The van der Waals surface area contributed by atoms with Gasteiger partial charge in [0, 0.05) is 13.2 Å². The molecular weight excluding hydrogens is 224 g/mol. The quantitative estimate of drug-likeness (QED) is 0.334. The Morgan fingerprint density at radius 3 is 2.60 bits per heavy atom. The minimum Gasteiger partial charge on any atom is -0.356 e. The first kappa shape index (κ1) is 16.0. The summed E-state index contributed by atoms with van der Waals surface area (Å²) < 4.78 is 11.2. The van der Waals surface area contributed by atoms with Crippen LogP contribution in [0.15, 0.2) is 0 Å². The minimum absolute atomic E-state index is 0.323. The molecule has 0 aromatic carbocycles. The molecule has 0 bridgehead atoms. The second-order valence-corrected chi connectivity index (χ2v) is 6.89. The van der Waals surface area contributed by atoms with Gasteiger partial charge in [0.1, 0.15) is 6.79 Å². The normalized spacial score (nSPS) is 14.7. The molecule has 0 aromatic rings. The van der Waals surface area contributed by atoms with Gasteiger partial charge in [0.2, 0.25) is 0 Å². The third kappa shape index (κ3) is 11.2. The average molecular weight is 247 g/mol. The second-order valence-electron chi connectivity index (χ2n) is 4.26. The van der Waals surface area contributed by atoms with E-state index in [0.717, 1.165) is 29.6 Å². The van der Waals surface area contributed by atoms with E-state index in [1.807, 2.05) is 6.92 Å². The molecular formula is C11H23ClMgO2. The molecule has 2 atom stereocenters. The van der Waals surface area contributed by atoms with Gasteiger partial charge in [-0.1, -0.05) is 20.3 Å². The van der Waals surface area contributed by atoms with E-state index in [9.17, 15) is 0 Å². The molecule has 0 aliphatic heterocycles. The van der Waals surface area contributed by atoms with E-state index < -0.39 is 0 Å². The van der Waals surface area contributed by atoms with Crippen LogP contribution < -0.4 is 0 Å². The number of rotatable bonds is 10. The Balaban J connectivity index is 3.20. The van der Waals surface area contributed by atoms with Crippen LogP contribution in [-0.2, 0) is 9.47 Å². The summed E-state index contributed by atoms with van der Waals surface area (Å²) in [5.74, 6) is 0.780. The van der Waals surface area contributed by atoms with Crippen molar-refractivity contribution in [1.82, 2.24) is 0 Å². The van der Waals surface area contributed by atoms with Gasteiger partial charge in [0.15, 0.2) is 0 Å². The molecule has 0 spiro atoms. The molecule has 88 valence electrons.